The maximum Gasteiger partial charge on any atom is 0.232 e. The zero-order valence-electron chi connectivity index (χ0n) is 12.0. The Bertz CT molecular complexity index is 584. The van der Waals surface area contributed by atoms with Gasteiger partial charge in [0.2, 0.25) is 11.8 Å². The average molecular weight is 286 g/mol. The predicted octanol–water partition coefficient (Wildman–Crippen LogP) is 0.771. The summed E-state index contributed by atoms with van der Waals surface area (Å²) in [5.41, 5.74) is 6.17. The van der Waals surface area contributed by atoms with Crippen molar-refractivity contribution in [2.45, 2.75) is 13.3 Å². The maximum atomic E-state index is 11.7. The lowest BCUT2D eigenvalue weighted by Gasteiger charge is -2.14. The molecule has 5 nitrogen and oxygen atoms in total. The molecule has 0 radical (unpaired) electrons. The Balaban J connectivity index is 1.84. The fourth-order valence-electron chi connectivity index (χ4n) is 2.13. The molecule has 1 aromatic rings. The Hall–Kier alpha value is -2.32. The summed E-state index contributed by atoms with van der Waals surface area (Å²) in [6.07, 6.45) is 0.299. The van der Waals surface area contributed by atoms with Gasteiger partial charge in [-0.2, -0.15) is 0 Å². The molecular weight excluding hydrogens is 268 g/mol. The number of amides is 2. The van der Waals surface area contributed by atoms with Gasteiger partial charge in [-0.15, -0.1) is 0 Å². The van der Waals surface area contributed by atoms with Crippen LogP contribution >= 0.6 is 0 Å². The number of imide groups is 1. The lowest BCUT2D eigenvalue weighted by Crippen LogP contribution is -2.34. The molecule has 0 saturated carbocycles. The molecule has 1 atom stereocenters. The number of hydrogen-bond acceptors (Lipinski definition) is 4. The molecular formula is C16H18N2O3. The van der Waals surface area contributed by atoms with Crippen molar-refractivity contribution < 1.29 is 14.3 Å². The highest BCUT2D eigenvalue weighted by Crippen LogP contribution is 2.18. The van der Waals surface area contributed by atoms with E-state index >= 15 is 0 Å². The minimum atomic E-state index is -0.210. The molecule has 2 rings (SSSR count). The monoisotopic (exact) mass is 286 g/mol. The van der Waals surface area contributed by atoms with Crippen LogP contribution in [0.1, 0.15) is 18.9 Å². The standard InChI is InChI=1S/C16H18N2O3/c1-12-11-15(19)18(16(12)20)9-10-21-14-6-4-13(5-7-14)3-2-8-17/h4-7,12H,8-11,17H2,1H3. The first kappa shape index (κ1) is 15.1. The quantitative estimate of drug-likeness (QED) is 0.655. The SMILES string of the molecule is CC1CC(=O)N(CCOc2ccc(C#CCN)cc2)C1=O. The van der Waals surface area contributed by atoms with Gasteiger partial charge >= 0.3 is 0 Å². The van der Waals surface area contributed by atoms with Crippen molar-refractivity contribution in [2.75, 3.05) is 19.7 Å². The van der Waals surface area contributed by atoms with Gasteiger partial charge in [0.05, 0.1) is 13.1 Å². The summed E-state index contributed by atoms with van der Waals surface area (Å²) in [4.78, 5) is 24.6. The van der Waals surface area contributed by atoms with Crippen LogP contribution in [0.4, 0.5) is 0 Å². The first-order chi connectivity index (χ1) is 10.1. The van der Waals surface area contributed by atoms with Crippen LogP contribution in [0, 0.1) is 17.8 Å². The van der Waals surface area contributed by atoms with E-state index in [4.69, 9.17) is 10.5 Å². The topological polar surface area (TPSA) is 72.6 Å². The van der Waals surface area contributed by atoms with Gasteiger partial charge in [0.1, 0.15) is 12.4 Å². The number of nitrogens with two attached hydrogens (primary N) is 1. The Morgan fingerprint density at radius 3 is 2.62 bits per heavy atom. The van der Waals surface area contributed by atoms with Gasteiger partial charge in [0.15, 0.2) is 0 Å². The summed E-state index contributed by atoms with van der Waals surface area (Å²) < 4.78 is 5.54. The first-order valence-corrected chi connectivity index (χ1v) is 6.88. The van der Waals surface area contributed by atoms with Gasteiger partial charge in [0.25, 0.3) is 0 Å². The molecule has 2 amide bonds. The molecule has 0 aromatic heterocycles. The van der Waals surface area contributed by atoms with Gasteiger partial charge in [-0.25, -0.2) is 0 Å². The Labute approximate surface area is 124 Å². The average Bonchev–Trinajstić information content (AvgIpc) is 2.72. The van der Waals surface area contributed by atoms with Crippen LogP contribution in [-0.4, -0.2) is 36.4 Å². The van der Waals surface area contributed by atoms with Crippen LogP contribution in [-0.2, 0) is 9.59 Å². The second-order valence-corrected chi connectivity index (χ2v) is 4.87. The van der Waals surface area contributed by atoms with Crippen LogP contribution < -0.4 is 10.5 Å². The van der Waals surface area contributed by atoms with Crippen LogP contribution in [0.3, 0.4) is 0 Å². The van der Waals surface area contributed by atoms with Crippen molar-refractivity contribution >= 4 is 11.8 Å². The Morgan fingerprint density at radius 1 is 1.33 bits per heavy atom. The summed E-state index contributed by atoms with van der Waals surface area (Å²) in [7, 11) is 0. The predicted molar refractivity (Wildman–Crippen MR) is 78.4 cm³/mol. The molecule has 5 heteroatoms. The van der Waals surface area contributed by atoms with Crippen molar-refractivity contribution in [1.29, 1.82) is 0 Å². The van der Waals surface area contributed by atoms with E-state index in [9.17, 15) is 9.59 Å². The molecule has 1 aliphatic rings. The summed E-state index contributed by atoms with van der Waals surface area (Å²) in [6.45, 7) is 2.67. The van der Waals surface area contributed by atoms with Gasteiger partial charge in [-0.1, -0.05) is 18.8 Å². The lowest BCUT2D eigenvalue weighted by atomic mass is 10.1. The van der Waals surface area contributed by atoms with E-state index in [2.05, 4.69) is 11.8 Å². The van der Waals surface area contributed by atoms with E-state index in [-0.39, 0.29) is 30.9 Å². The second kappa shape index (κ2) is 6.91. The van der Waals surface area contributed by atoms with E-state index in [1.165, 1.54) is 4.90 Å². The van der Waals surface area contributed by atoms with E-state index in [0.29, 0.717) is 18.7 Å². The fourth-order valence-corrected chi connectivity index (χ4v) is 2.13. The smallest absolute Gasteiger partial charge is 0.232 e. The van der Waals surface area contributed by atoms with E-state index in [1.54, 1.807) is 19.1 Å². The number of carbonyl (C=O) groups is 2. The van der Waals surface area contributed by atoms with Crippen molar-refractivity contribution in [1.82, 2.24) is 4.90 Å². The van der Waals surface area contributed by atoms with Gasteiger partial charge < -0.3 is 10.5 Å². The number of benzene rings is 1. The zero-order valence-corrected chi connectivity index (χ0v) is 12.0. The highest BCUT2D eigenvalue weighted by Gasteiger charge is 2.35. The van der Waals surface area contributed by atoms with E-state index in [0.717, 1.165) is 5.56 Å². The van der Waals surface area contributed by atoms with Crippen LogP contribution in [0.15, 0.2) is 24.3 Å². The number of rotatable bonds is 4. The van der Waals surface area contributed by atoms with Crippen molar-refractivity contribution in [3.05, 3.63) is 29.8 Å². The highest BCUT2D eigenvalue weighted by atomic mass is 16.5. The number of hydrogen-bond donors (Lipinski definition) is 1. The summed E-state index contributed by atoms with van der Waals surface area (Å²) in [5, 5.41) is 0. The molecule has 21 heavy (non-hydrogen) atoms. The largest absolute Gasteiger partial charge is 0.492 e. The molecule has 1 aromatic carbocycles. The molecule has 1 fully saturated rings. The van der Waals surface area contributed by atoms with Crippen molar-refractivity contribution in [3.8, 4) is 17.6 Å². The van der Waals surface area contributed by atoms with Crippen LogP contribution in [0.2, 0.25) is 0 Å². The zero-order chi connectivity index (χ0) is 15.2. The van der Waals surface area contributed by atoms with Crippen molar-refractivity contribution in [3.63, 3.8) is 0 Å². The molecule has 1 unspecified atom stereocenters. The molecule has 0 spiro atoms. The molecule has 1 saturated heterocycles. The minimum absolute atomic E-state index is 0.115. The van der Waals surface area contributed by atoms with Gasteiger partial charge in [-0.05, 0) is 24.3 Å². The third-order valence-corrected chi connectivity index (χ3v) is 3.24. The van der Waals surface area contributed by atoms with Crippen LogP contribution in [0.25, 0.3) is 0 Å². The third kappa shape index (κ3) is 3.83. The minimum Gasteiger partial charge on any atom is -0.492 e. The maximum absolute atomic E-state index is 11.7. The fraction of sp³-hybridized carbons (Fsp3) is 0.375. The molecule has 2 N–H and O–H groups in total. The highest BCUT2D eigenvalue weighted by molar-refractivity contribution is 6.03. The van der Waals surface area contributed by atoms with E-state index in [1.807, 2.05) is 12.1 Å². The summed E-state index contributed by atoms with van der Waals surface area (Å²) >= 11 is 0. The molecule has 0 aliphatic carbocycles. The first-order valence-electron chi connectivity index (χ1n) is 6.88. The number of nitrogens with zero attached hydrogens (tertiary/aromatic N) is 1. The Kier molecular flexibility index (Phi) is 4.96. The Morgan fingerprint density at radius 2 is 2.05 bits per heavy atom. The second-order valence-electron chi connectivity index (χ2n) is 4.87. The number of ether oxygens (including phenoxy) is 1. The molecule has 0 bridgehead atoms. The lowest BCUT2D eigenvalue weighted by molar-refractivity contribution is -0.139. The summed E-state index contributed by atoms with van der Waals surface area (Å²) in [5.74, 6) is 5.93. The van der Waals surface area contributed by atoms with Crippen LogP contribution in [0.5, 0.6) is 5.75 Å². The van der Waals surface area contributed by atoms with E-state index < -0.39 is 0 Å². The normalized spacial score (nSPS) is 17.6. The van der Waals surface area contributed by atoms with Gasteiger partial charge in [-0.3, -0.25) is 14.5 Å². The summed E-state index contributed by atoms with van der Waals surface area (Å²) in [6, 6.07) is 7.28. The molecule has 1 heterocycles. The molecule has 110 valence electrons. The van der Waals surface area contributed by atoms with Gasteiger partial charge in [0, 0.05) is 17.9 Å². The third-order valence-electron chi connectivity index (χ3n) is 3.24. The number of likely N-dealkylation sites (tertiary alicyclic amines) is 1. The van der Waals surface area contributed by atoms with Crippen molar-refractivity contribution in [2.24, 2.45) is 11.7 Å². The molecule has 1 aliphatic heterocycles. The number of carbonyl (C=O) groups excluding carboxylic acids is 2.